The zero-order valence-electron chi connectivity index (χ0n) is 16.0. The molecule has 2 aliphatic heterocycles. The highest BCUT2D eigenvalue weighted by Crippen LogP contribution is 2.50. The number of hydrogen-bond acceptors (Lipinski definition) is 13. The van der Waals surface area contributed by atoms with Gasteiger partial charge in [-0.1, -0.05) is 18.2 Å². The zero-order valence-corrected chi connectivity index (χ0v) is 17.7. The predicted octanol–water partition coefficient (Wildman–Crippen LogP) is -1.81. The summed E-state index contributed by atoms with van der Waals surface area (Å²) in [6, 6.07) is 0. The lowest BCUT2D eigenvalue weighted by Crippen LogP contribution is -2.41. The first kappa shape index (κ1) is 22.7. The van der Waals surface area contributed by atoms with E-state index in [-0.39, 0.29) is 35.2 Å². The van der Waals surface area contributed by atoms with Gasteiger partial charge in [-0.05, 0) is 12.7 Å². The van der Waals surface area contributed by atoms with Gasteiger partial charge in [0.25, 0.3) is 13.4 Å². The molecule has 0 spiro atoms. The summed E-state index contributed by atoms with van der Waals surface area (Å²) >= 11 is 1.24. The number of anilines is 1. The molecule has 0 radical (unpaired) electrons. The van der Waals surface area contributed by atoms with Crippen LogP contribution in [0.1, 0.15) is 19.1 Å². The highest BCUT2D eigenvalue weighted by atomic mass is 32.2. The highest BCUT2D eigenvalue weighted by Gasteiger charge is 2.51. The van der Waals surface area contributed by atoms with E-state index in [9.17, 15) is 19.4 Å². The number of ether oxygens (including phenoxy) is 1. The fraction of sp³-hybridized carbons (Fsp3) is 0.643. The molecule has 2 aromatic rings. The van der Waals surface area contributed by atoms with Gasteiger partial charge in [-0.2, -0.15) is 4.98 Å². The lowest BCUT2D eigenvalue weighted by molar-refractivity contribution is -0.245. The number of unbranched alkanes of at least 4 members (excludes halogenated alkanes) is 1. The number of H-pyrrole nitrogens is 1. The number of rotatable bonds is 7. The third-order valence-electron chi connectivity index (χ3n) is 4.84. The molecule has 2 fully saturated rings. The minimum absolute atomic E-state index is 0.0279. The van der Waals surface area contributed by atoms with Crippen molar-refractivity contribution in [2.24, 2.45) is 0 Å². The smallest absolute Gasteiger partial charge is 0.451 e. The van der Waals surface area contributed by atoms with Crippen molar-refractivity contribution in [2.45, 2.75) is 48.9 Å². The lowest BCUT2D eigenvalue weighted by Gasteiger charge is -2.34. The molecule has 2 aliphatic rings. The molecule has 31 heavy (non-hydrogen) atoms. The van der Waals surface area contributed by atoms with E-state index in [0.29, 0.717) is 18.6 Å². The number of imidazole rings is 1. The molecule has 170 valence electrons. The number of nitrogens with zero attached hydrogens (tertiary/aromatic N) is 3. The van der Waals surface area contributed by atoms with Gasteiger partial charge in [-0.15, -0.1) is 0 Å². The van der Waals surface area contributed by atoms with E-state index in [1.54, 1.807) is 0 Å². The van der Waals surface area contributed by atoms with Gasteiger partial charge in [0.2, 0.25) is 5.95 Å². The van der Waals surface area contributed by atoms with Gasteiger partial charge in [0.15, 0.2) is 22.5 Å². The van der Waals surface area contributed by atoms with Gasteiger partial charge in [0.05, 0.1) is 6.61 Å². The molecule has 0 bridgehead atoms. The fourth-order valence-corrected chi connectivity index (χ4v) is 5.41. The zero-order chi connectivity index (χ0) is 22.3. The van der Waals surface area contributed by atoms with E-state index in [0.717, 1.165) is 0 Å². The summed E-state index contributed by atoms with van der Waals surface area (Å²) in [5.74, 6) is 0.342. The van der Waals surface area contributed by atoms with E-state index in [4.69, 9.17) is 25.0 Å². The molecule has 2 aromatic heterocycles. The summed E-state index contributed by atoms with van der Waals surface area (Å²) in [4.78, 5) is 34.7. The minimum atomic E-state index is -4.56. The average molecular weight is 476 g/mol. The standard InChI is InChI=1S/C14H21BN5O9PS/c16-13-18-10-7(11(22)19-13)17-14(31-4-2-1-3-15(23)24)20(10)12-8(21)9-6(28-12)5-27-30(25,26)29-9/h6,8-9,12,21,23-24H,1-5H2,(H,25,26)(H3,16,18,19,22)/p-1/t6?,8?,9-,12-/m1/s1. The van der Waals surface area contributed by atoms with Gasteiger partial charge in [0.1, 0.15) is 18.3 Å². The number of nitrogens with two attached hydrogens (primary N) is 1. The molecule has 6 N–H and O–H groups in total. The van der Waals surface area contributed by atoms with Crippen LogP contribution in [0.4, 0.5) is 5.95 Å². The van der Waals surface area contributed by atoms with E-state index >= 15 is 0 Å². The third-order valence-corrected chi connectivity index (χ3v) is 6.84. The number of hydrogen-bond donors (Lipinski definition) is 5. The van der Waals surface area contributed by atoms with Crippen LogP contribution in [0.3, 0.4) is 0 Å². The van der Waals surface area contributed by atoms with Crippen molar-refractivity contribution in [3.63, 3.8) is 0 Å². The van der Waals surface area contributed by atoms with Crippen molar-refractivity contribution in [1.82, 2.24) is 19.5 Å². The van der Waals surface area contributed by atoms with Crippen LogP contribution in [-0.2, 0) is 18.3 Å². The van der Waals surface area contributed by atoms with E-state index in [2.05, 4.69) is 19.5 Å². The normalized spacial score (nSPS) is 30.6. The molecule has 4 heterocycles. The number of nitrogens with one attached hydrogen (secondary N) is 1. The number of nitrogen functional groups attached to an aromatic ring is 1. The Morgan fingerprint density at radius 1 is 1.39 bits per heavy atom. The van der Waals surface area contributed by atoms with Crippen LogP contribution in [0.25, 0.3) is 11.2 Å². The summed E-state index contributed by atoms with van der Waals surface area (Å²) < 4.78 is 28.3. The van der Waals surface area contributed by atoms with Crippen molar-refractivity contribution in [3.05, 3.63) is 10.4 Å². The Labute approximate surface area is 179 Å². The van der Waals surface area contributed by atoms with Crippen LogP contribution in [0.2, 0.25) is 6.32 Å². The molecule has 0 saturated carbocycles. The Morgan fingerprint density at radius 2 is 2.16 bits per heavy atom. The minimum Gasteiger partial charge on any atom is -0.756 e. The summed E-state index contributed by atoms with van der Waals surface area (Å²) in [5.41, 5.74) is 5.12. The molecule has 3 unspecified atom stereocenters. The Hall–Kier alpha value is -1.49. The molecule has 5 atom stereocenters. The maximum atomic E-state index is 12.3. The first-order chi connectivity index (χ1) is 14.7. The number of aromatic amines is 1. The first-order valence-corrected chi connectivity index (χ1v) is 11.8. The van der Waals surface area contributed by atoms with E-state index < -0.39 is 45.0 Å². The number of aliphatic hydroxyl groups excluding tert-OH is 1. The second-order valence-corrected chi connectivity index (χ2v) is 9.51. The monoisotopic (exact) mass is 476 g/mol. The largest absolute Gasteiger partial charge is 0.756 e. The van der Waals surface area contributed by atoms with Crippen LogP contribution in [0, 0.1) is 0 Å². The Balaban J connectivity index is 1.65. The summed E-state index contributed by atoms with van der Waals surface area (Å²) in [7, 11) is -5.94. The molecule has 14 nitrogen and oxygen atoms in total. The number of phosphoric ester groups is 1. The molecule has 17 heteroatoms. The molecule has 2 saturated heterocycles. The van der Waals surface area contributed by atoms with Gasteiger partial charge in [-0.3, -0.25) is 18.9 Å². The van der Waals surface area contributed by atoms with Crippen LogP contribution in [0.5, 0.6) is 0 Å². The Kier molecular flexibility index (Phi) is 6.45. The van der Waals surface area contributed by atoms with Crippen LogP contribution >= 0.6 is 19.6 Å². The van der Waals surface area contributed by atoms with Gasteiger partial charge in [-0.25, -0.2) is 4.98 Å². The lowest BCUT2D eigenvalue weighted by atomic mass is 9.84. The van der Waals surface area contributed by atoms with Gasteiger partial charge < -0.3 is 39.6 Å². The molecule has 0 amide bonds. The maximum absolute atomic E-state index is 12.3. The highest BCUT2D eigenvalue weighted by molar-refractivity contribution is 7.99. The third kappa shape index (κ3) is 4.67. The SMILES string of the molecule is Nc1nc2c(nc(SCCCCB(O)O)n2[C@@H]2OC3COP(=O)([O-])O[C@H]3C2O)c(=O)[nH]1. The van der Waals surface area contributed by atoms with Crippen molar-refractivity contribution < 1.29 is 38.4 Å². The molecule has 0 aliphatic carbocycles. The molecular weight excluding hydrogens is 456 g/mol. The maximum Gasteiger partial charge on any atom is 0.451 e. The van der Waals surface area contributed by atoms with Crippen LogP contribution < -0.4 is 16.2 Å². The van der Waals surface area contributed by atoms with Crippen molar-refractivity contribution in [3.8, 4) is 0 Å². The van der Waals surface area contributed by atoms with Crippen LogP contribution in [-0.4, -0.2) is 72.5 Å². The molecular formula is C14H20BN5O9PS-. The van der Waals surface area contributed by atoms with Crippen molar-refractivity contribution >= 4 is 43.8 Å². The number of thioether (sulfide) groups is 1. The van der Waals surface area contributed by atoms with Crippen molar-refractivity contribution in [2.75, 3.05) is 18.1 Å². The average Bonchev–Trinajstić information content (AvgIpc) is 3.18. The Bertz CT molecular complexity index is 1070. The topological polar surface area (TPSA) is 218 Å². The summed E-state index contributed by atoms with van der Waals surface area (Å²) in [6.45, 7) is -0.326. The van der Waals surface area contributed by atoms with E-state index in [1.807, 2.05) is 0 Å². The summed E-state index contributed by atoms with van der Waals surface area (Å²) in [5, 5.41) is 28.9. The predicted molar refractivity (Wildman–Crippen MR) is 106 cm³/mol. The second-order valence-electron chi connectivity index (χ2n) is 7.08. The summed E-state index contributed by atoms with van der Waals surface area (Å²) in [6.07, 6.45) is -3.24. The number of aliphatic hydroxyl groups is 1. The molecule has 4 rings (SSSR count). The van der Waals surface area contributed by atoms with E-state index in [1.165, 1.54) is 16.3 Å². The van der Waals surface area contributed by atoms with Crippen LogP contribution in [0.15, 0.2) is 9.95 Å². The number of fused-ring (bicyclic) bond motifs is 2. The number of aromatic nitrogens is 4. The number of phosphoric acid groups is 1. The van der Waals surface area contributed by atoms with Gasteiger partial charge >= 0.3 is 7.12 Å². The molecule has 0 aromatic carbocycles. The fourth-order valence-electron chi connectivity index (χ4n) is 3.45. The first-order valence-electron chi connectivity index (χ1n) is 9.40. The Morgan fingerprint density at radius 3 is 2.90 bits per heavy atom. The second kappa shape index (κ2) is 8.81. The van der Waals surface area contributed by atoms with Crippen molar-refractivity contribution in [1.29, 1.82) is 0 Å². The van der Waals surface area contributed by atoms with Gasteiger partial charge in [0, 0.05) is 5.75 Å². The quantitative estimate of drug-likeness (QED) is 0.129.